The minimum absolute atomic E-state index is 0.0178. The average molecular weight is 234 g/mol. The fourth-order valence-corrected chi connectivity index (χ4v) is 1.81. The molecule has 0 bridgehead atoms. The second kappa shape index (κ2) is 5.10. The van der Waals surface area contributed by atoms with E-state index in [0.717, 1.165) is 0 Å². The molecule has 0 radical (unpaired) electrons. The van der Waals surface area contributed by atoms with E-state index < -0.39 is 5.92 Å². The molecule has 0 amide bonds. The lowest BCUT2D eigenvalue weighted by Crippen LogP contribution is -2.37. The number of cyclic esters (lactones) is 1. The van der Waals surface area contributed by atoms with Gasteiger partial charge in [0.05, 0.1) is 12.0 Å². The standard InChI is InChI=1S/C13H14O4/c1-9-11(13(15)17-8-16-9)7-12(14)10-5-3-2-4-6-10/h2-6,9,11H,7-8H2,1H3. The molecule has 1 aromatic carbocycles. The molecule has 1 fully saturated rings. The quantitative estimate of drug-likeness (QED) is 0.591. The Morgan fingerprint density at radius 3 is 2.71 bits per heavy atom. The zero-order valence-corrected chi connectivity index (χ0v) is 9.59. The summed E-state index contributed by atoms with van der Waals surface area (Å²) >= 11 is 0. The Bertz CT molecular complexity index is 413. The van der Waals surface area contributed by atoms with E-state index in [0.29, 0.717) is 5.56 Å². The molecule has 0 aliphatic carbocycles. The van der Waals surface area contributed by atoms with Gasteiger partial charge in [-0.1, -0.05) is 30.3 Å². The molecule has 0 N–H and O–H groups in total. The molecule has 0 saturated carbocycles. The highest BCUT2D eigenvalue weighted by Crippen LogP contribution is 2.21. The summed E-state index contributed by atoms with van der Waals surface area (Å²) in [5, 5.41) is 0. The van der Waals surface area contributed by atoms with Crippen LogP contribution in [0.3, 0.4) is 0 Å². The SMILES string of the molecule is CC1OCOC(=O)C1CC(=O)c1ccccc1. The van der Waals surface area contributed by atoms with Crippen molar-refractivity contribution in [2.45, 2.75) is 19.4 Å². The molecule has 0 aromatic heterocycles. The van der Waals surface area contributed by atoms with Gasteiger partial charge in [-0.3, -0.25) is 9.59 Å². The summed E-state index contributed by atoms with van der Waals surface area (Å²) in [5.41, 5.74) is 0.609. The van der Waals surface area contributed by atoms with Crippen molar-refractivity contribution in [1.29, 1.82) is 0 Å². The number of hydrogen-bond donors (Lipinski definition) is 0. The molecule has 90 valence electrons. The lowest BCUT2D eigenvalue weighted by molar-refractivity contribution is -0.191. The summed E-state index contributed by atoms with van der Waals surface area (Å²) in [7, 11) is 0. The molecule has 1 saturated heterocycles. The zero-order chi connectivity index (χ0) is 12.3. The fraction of sp³-hybridized carbons (Fsp3) is 0.385. The smallest absolute Gasteiger partial charge is 0.314 e. The molecule has 1 aliphatic heterocycles. The molecule has 2 rings (SSSR count). The maximum Gasteiger partial charge on any atom is 0.314 e. The van der Waals surface area contributed by atoms with Gasteiger partial charge < -0.3 is 9.47 Å². The number of esters is 1. The van der Waals surface area contributed by atoms with Crippen LogP contribution in [0.1, 0.15) is 23.7 Å². The Balaban J connectivity index is 2.05. The summed E-state index contributed by atoms with van der Waals surface area (Å²) in [6, 6.07) is 8.92. The van der Waals surface area contributed by atoms with Gasteiger partial charge in [-0.15, -0.1) is 0 Å². The van der Waals surface area contributed by atoms with E-state index in [-0.39, 0.29) is 31.1 Å². The van der Waals surface area contributed by atoms with Crippen molar-refractivity contribution in [1.82, 2.24) is 0 Å². The Hall–Kier alpha value is -1.68. The molecule has 4 heteroatoms. The lowest BCUT2D eigenvalue weighted by Gasteiger charge is -2.27. The van der Waals surface area contributed by atoms with Gasteiger partial charge in [-0.2, -0.15) is 0 Å². The highest BCUT2D eigenvalue weighted by atomic mass is 16.7. The van der Waals surface area contributed by atoms with E-state index in [9.17, 15) is 9.59 Å². The third kappa shape index (κ3) is 2.71. The normalized spacial score (nSPS) is 24.2. The minimum atomic E-state index is -0.503. The van der Waals surface area contributed by atoms with Gasteiger partial charge in [0.15, 0.2) is 12.6 Å². The van der Waals surface area contributed by atoms with E-state index in [1.165, 1.54) is 0 Å². The van der Waals surface area contributed by atoms with Crippen LogP contribution in [0, 0.1) is 5.92 Å². The highest BCUT2D eigenvalue weighted by Gasteiger charge is 2.33. The van der Waals surface area contributed by atoms with E-state index >= 15 is 0 Å². The predicted octanol–water partition coefficient (Wildman–Crippen LogP) is 1.79. The van der Waals surface area contributed by atoms with E-state index in [1.54, 1.807) is 31.2 Å². The van der Waals surface area contributed by atoms with Crippen molar-refractivity contribution in [3.05, 3.63) is 35.9 Å². The number of carbonyl (C=O) groups excluding carboxylic acids is 2. The molecule has 2 atom stereocenters. The van der Waals surface area contributed by atoms with Crippen LogP contribution in [0.15, 0.2) is 30.3 Å². The van der Waals surface area contributed by atoms with Crippen molar-refractivity contribution >= 4 is 11.8 Å². The van der Waals surface area contributed by atoms with Crippen LogP contribution < -0.4 is 0 Å². The second-order valence-electron chi connectivity index (χ2n) is 4.05. The van der Waals surface area contributed by atoms with E-state index in [1.807, 2.05) is 6.07 Å². The topological polar surface area (TPSA) is 52.6 Å². The lowest BCUT2D eigenvalue weighted by atomic mass is 9.94. The molecule has 17 heavy (non-hydrogen) atoms. The van der Waals surface area contributed by atoms with Crippen LogP contribution in [-0.2, 0) is 14.3 Å². The first-order valence-electron chi connectivity index (χ1n) is 5.55. The third-order valence-corrected chi connectivity index (χ3v) is 2.90. The van der Waals surface area contributed by atoms with Crippen LogP contribution in [0.5, 0.6) is 0 Å². The Morgan fingerprint density at radius 1 is 1.35 bits per heavy atom. The molecular formula is C13H14O4. The molecule has 4 nitrogen and oxygen atoms in total. The molecule has 0 spiro atoms. The maximum atomic E-state index is 11.9. The van der Waals surface area contributed by atoms with Gasteiger partial charge in [0, 0.05) is 12.0 Å². The first kappa shape index (κ1) is 11.8. The summed E-state index contributed by atoms with van der Waals surface area (Å²) in [6.45, 7) is 1.76. The van der Waals surface area contributed by atoms with Crippen LogP contribution in [0.25, 0.3) is 0 Å². The molecule has 1 aliphatic rings. The summed E-state index contributed by atoms with van der Waals surface area (Å²) in [6.07, 6.45) is -0.145. The number of ketones is 1. The van der Waals surface area contributed by atoms with E-state index in [4.69, 9.17) is 9.47 Å². The Morgan fingerprint density at radius 2 is 2.06 bits per heavy atom. The van der Waals surface area contributed by atoms with Crippen molar-refractivity contribution in [3.63, 3.8) is 0 Å². The fourth-order valence-electron chi connectivity index (χ4n) is 1.81. The van der Waals surface area contributed by atoms with Crippen molar-refractivity contribution in [3.8, 4) is 0 Å². The maximum absolute atomic E-state index is 11.9. The van der Waals surface area contributed by atoms with Gasteiger partial charge >= 0.3 is 5.97 Å². The van der Waals surface area contributed by atoms with Crippen LogP contribution in [-0.4, -0.2) is 24.6 Å². The number of rotatable bonds is 3. The molecule has 1 heterocycles. The summed E-state index contributed by atoms with van der Waals surface area (Å²) < 4.78 is 9.99. The summed E-state index contributed by atoms with van der Waals surface area (Å²) in [4.78, 5) is 23.5. The van der Waals surface area contributed by atoms with Crippen LogP contribution in [0.2, 0.25) is 0 Å². The van der Waals surface area contributed by atoms with Crippen LogP contribution >= 0.6 is 0 Å². The van der Waals surface area contributed by atoms with Crippen molar-refractivity contribution in [2.24, 2.45) is 5.92 Å². The Kier molecular flexibility index (Phi) is 3.54. The Labute approximate surface area is 99.5 Å². The zero-order valence-electron chi connectivity index (χ0n) is 9.59. The first-order chi connectivity index (χ1) is 8.18. The predicted molar refractivity (Wildman–Crippen MR) is 60.4 cm³/mol. The van der Waals surface area contributed by atoms with Crippen molar-refractivity contribution < 1.29 is 19.1 Å². The largest absolute Gasteiger partial charge is 0.438 e. The second-order valence-corrected chi connectivity index (χ2v) is 4.05. The van der Waals surface area contributed by atoms with Crippen LogP contribution in [0.4, 0.5) is 0 Å². The third-order valence-electron chi connectivity index (χ3n) is 2.90. The number of carbonyl (C=O) groups is 2. The first-order valence-corrected chi connectivity index (χ1v) is 5.55. The highest BCUT2D eigenvalue weighted by molar-refractivity contribution is 5.98. The average Bonchev–Trinajstić information content (AvgIpc) is 2.35. The number of benzene rings is 1. The number of Topliss-reactive ketones (excluding diaryl/α,β-unsaturated/α-hetero) is 1. The van der Waals surface area contributed by atoms with Gasteiger partial charge in [0.2, 0.25) is 0 Å². The summed E-state index contributed by atoms with van der Waals surface area (Å²) in [5.74, 6) is -0.922. The van der Waals surface area contributed by atoms with Gasteiger partial charge in [0.1, 0.15) is 0 Å². The number of ether oxygens (including phenoxy) is 2. The minimum Gasteiger partial charge on any atom is -0.438 e. The van der Waals surface area contributed by atoms with Gasteiger partial charge in [-0.05, 0) is 6.92 Å². The molecule has 1 aromatic rings. The van der Waals surface area contributed by atoms with Gasteiger partial charge in [0.25, 0.3) is 0 Å². The monoisotopic (exact) mass is 234 g/mol. The number of hydrogen-bond acceptors (Lipinski definition) is 4. The van der Waals surface area contributed by atoms with Gasteiger partial charge in [-0.25, -0.2) is 0 Å². The van der Waals surface area contributed by atoms with Crippen molar-refractivity contribution in [2.75, 3.05) is 6.79 Å². The van der Waals surface area contributed by atoms with E-state index in [2.05, 4.69) is 0 Å². The molecule has 2 unspecified atom stereocenters. The molecular weight excluding hydrogens is 220 g/mol.